The molecular formula is C47H51N6O20P. The highest BCUT2D eigenvalue weighted by Crippen LogP contribution is 2.52. The summed E-state index contributed by atoms with van der Waals surface area (Å²) in [4.78, 5) is 91.7. The van der Waals surface area contributed by atoms with Crippen molar-refractivity contribution in [2.45, 2.75) is 93.0 Å². The third-order valence-electron chi connectivity index (χ3n) is 12.6. The van der Waals surface area contributed by atoms with Gasteiger partial charge in [0.2, 0.25) is 11.8 Å². The summed E-state index contributed by atoms with van der Waals surface area (Å²) >= 11 is 0. The molecule has 0 radical (unpaired) electrons. The number of nitrogens with one attached hydrogen (secondary N) is 2. The van der Waals surface area contributed by atoms with Gasteiger partial charge in [-0.3, -0.25) is 47.3 Å². The van der Waals surface area contributed by atoms with Crippen LogP contribution in [0, 0.1) is 0 Å². The van der Waals surface area contributed by atoms with E-state index < -0.39 is 135 Å². The van der Waals surface area contributed by atoms with Crippen LogP contribution in [-0.2, 0) is 66.7 Å². The van der Waals surface area contributed by atoms with Crippen LogP contribution in [0.15, 0.2) is 123 Å². The fraction of sp³-hybridized carbons (Fsp3) is 0.404. The molecule has 0 bridgehead atoms. The number of nitrogens with two attached hydrogens (primary N) is 2. The average Bonchev–Trinajstić information content (AvgIpc) is 4.13. The van der Waals surface area contributed by atoms with E-state index in [1.807, 2.05) is 12.1 Å². The van der Waals surface area contributed by atoms with Gasteiger partial charge in [-0.05, 0) is 54.8 Å². The number of hydrogen-bond acceptors (Lipinski definition) is 19. The molecule has 394 valence electrons. The minimum absolute atomic E-state index is 0.523. The van der Waals surface area contributed by atoms with Crippen LogP contribution >= 0.6 is 7.82 Å². The molecule has 27 heteroatoms. The summed E-state index contributed by atoms with van der Waals surface area (Å²) in [6, 6.07) is 25.1. The molecule has 26 nitrogen and oxygen atoms in total. The number of fused-ring (bicyclic) bond motifs is 1. The van der Waals surface area contributed by atoms with Gasteiger partial charge >= 0.3 is 19.2 Å². The second kappa shape index (κ2) is 20.9. The van der Waals surface area contributed by atoms with Crippen LogP contribution in [0.1, 0.15) is 43.0 Å². The smallest absolute Gasteiger partial charge is 0.472 e. The number of carbonyl (C=O) groups is 2. The molecule has 4 aliphatic rings. The largest absolute Gasteiger partial charge is 0.497 e. The third-order valence-corrected chi connectivity index (χ3v) is 13.6. The number of rotatable bonds is 19. The quantitative estimate of drug-likeness (QED) is 0.0550. The topological polar surface area (TPSA) is 344 Å². The van der Waals surface area contributed by atoms with Crippen LogP contribution in [0.2, 0.25) is 0 Å². The van der Waals surface area contributed by atoms with E-state index in [-0.39, 0.29) is 0 Å². The van der Waals surface area contributed by atoms with Crippen LogP contribution in [0.5, 0.6) is 11.5 Å². The predicted octanol–water partition coefficient (Wildman–Crippen LogP) is 0.353. The summed E-state index contributed by atoms with van der Waals surface area (Å²) in [6.07, 6.45) is -12.7. The third kappa shape index (κ3) is 10.5. The lowest BCUT2D eigenvalue weighted by molar-refractivity contribution is -0.278. The number of phosphoric ester groups is 1. The summed E-state index contributed by atoms with van der Waals surface area (Å²) in [5.74, 6) is -2.51. The minimum Gasteiger partial charge on any atom is -0.497 e. The predicted molar refractivity (Wildman–Crippen MR) is 250 cm³/mol. The molecule has 7 N–H and O–H groups in total. The van der Waals surface area contributed by atoms with Crippen molar-refractivity contribution in [3.63, 3.8) is 0 Å². The van der Waals surface area contributed by atoms with E-state index in [1.165, 1.54) is 20.4 Å². The maximum Gasteiger partial charge on any atom is 0.472 e. The van der Waals surface area contributed by atoms with Crippen molar-refractivity contribution in [3.05, 3.63) is 162 Å². The number of phosphoric acid groups is 1. The number of H-pyrrole nitrogens is 2. The van der Waals surface area contributed by atoms with Crippen molar-refractivity contribution in [1.82, 2.24) is 19.1 Å². The SMILES string of the molecule is COc1ccc(C(OC[C@@H]2O[C@H](n3ccc(=O)[nH]c3=O)[C@@H](OC3OC(C(N)=O)C(C(N)=O)O3)[C@H]2OP(=O)(O)OCC2O[C@H](n3ccc(=O)[nH]c3=O)[C@H]3OC(C)(C)O[C@@H]23)(c2ccccc2)c2ccc(OC)cc2)cc1. The first kappa shape index (κ1) is 52.2. The summed E-state index contributed by atoms with van der Waals surface area (Å²) in [6.45, 7) is -0.113. The lowest BCUT2D eigenvalue weighted by Crippen LogP contribution is -2.44. The number of ether oxygens (including phenoxy) is 10. The maximum absolute atomic E-state index is 14.6. The highest BCUT2D eigenvalue weighted by molar-refractivity contribution is 7.47. The van der Waals surface area contributed by atoms with Crippen molar-refractivity contribution in [3.8, 4) is 11.5 Å². The van der Waals surface area contributed by atoms with Crippen molar-refractivity contribution in [1.29, 1.82) is 0 Å². The zero-order chi connectivity index (χ0) is 52.7. The van der Waals surface area contributed by atoms with Crippen LogP contribution in [-0.4, -0.2) is 124 Å². The lowest BCUT2D eigenvalue weighted by Gasteiger charge is -2.37. The van der Waals surface area contributed by atoms with E-state index in [1.54, 1.807) is 80.6 Å². The van der Waals surface area contributed by atoms with E-state index >= 15 is 0 Å². The summed E-state index contributed by atoms with van der Waals surface area (Å²) in [5, 5.41) is 0. The zero-order valence-corrected chi connectivity index (χ0v) is 40.7. The normalized spacial score (nSPS) is 28.1. The molecule has 0 spiro atoms. The van der Waals surface area contributed by atoms with Crippen LogP contribution in [0.3, 0.4) is 0 Å². The first-order valence-electron chi connectivity index (χ1n) is 22.8. The van der Waals surface area contributed by atoms with Gasteiger partial charge in [0.15, 0.2) is 30.5 Å². The molecule has 11 atom stereocenters. The molecule has 4 aliphatic heterocycles. The van der Waals surface area contributed by atoms with Crippen molar-refractivity contribution < 1.29 is 75.5 Å². The summed E-state index contributed by atoms with van der Waals surface area (Å²) < 4.78 is 88.4. The molecule has 3 aromatic carbocycles. The average molecular weight is 1050 g/mol. The Morgan fingerprint density at radius 3 is 1.69 bits per heavy atom. The molecule has 4 unspecified atom stereocenters. The van der Waals surface area contributed by atoms with Gasteiger partial charge in [0.1, 0.15) is 53.7 Å². The summed E-state index contributed by atoms with van der Waals surface area (Å²) in [5.41, 5.74) is 7.84. The monoisotopic (exact) mass is 1050 g/mol. The Labute approximate surface area is 418 Å². The van der Waals surface area contributed by atoms with E-state index in [4.69, 9.17) is 67.9 Å². The molecule has 9 rings (SSSR count). The number of amides is 2. The van der Waals surface area contributed by atoms with Crippen molar-refractivity contribution in [2.24, 2.45) is 11.5 Å². The molecule has 5 aromatic rings. The Morgan fingerprint density at radius 1 is 0.676 bits per heavy atom. The van der Waals surface area contributed by atoms with E-state index in [2.05, 4.69) is 9.97 Å². The van der Waals surface area contributed by atoms with Gasteiger partial charge in [0.25, 0.3) is 17.6 Å². The van der Waals surface area contributed by atoms with Gasteiger partial charge in [-0.1, -0.05) is 54.6 Å². The molecular weight excluding hydrogens is 1000 g/mol. The van der Waals surface area contributed by atoms with Crippen LogP contribution in [0.25, 0.3) is 0 Å². The molecule has 0 aliphatic carbocycles. The fourth-order valence-electron chi connectivity index (χ4n) is 9.28. The first-order valence-corrected chi connectivity index (χ1v) is 24.3. The second-order valence-corrected chi connectivity index (χ2v) is 19.1. The maximum atomic E-state index is 14.6. The van der Waals surface area contributed by atoms with Crippen LogP contribution < -0.4 is 43.4 Å². The molecule has 6 heterocycles. The van der Waals surface area contributed by atoms with E-state index in [9.17, 15) is 38.2 Å². The van der Waals surface area contributed by atoms with Crippen LogP contribution in [0.4, 0.5) is 0 Å². The number of nitrogens with zero attached hydrogens (tertiary/aromatic N) is 2. The zero-order valence-electron chi connectivity index (χ0n) is 39.8. The summed E-state index contributed by atoms with van der Waals surface area (Å²) in [7, 11) is -2.43. The standard InChI is InChI=1S/C47H51N6O20P/c1-46(2)71-33-30(67-42(38(33)72-46)53-21-19-32(55)51-44(53)59)23-65-74(60,61)73-34-29(66-41(52-20-18-31(54)50-43(52)58)37(34)70-45-68-35(39(48)56)36(69-45)40(49)57)22-64-47(24-8-6-5-7-9-24,25-10-14-27(62-3)15-11-25)26-12-16-28(63-4)17-13-26/h5-21,29-30,33-38,41-42,45H,22-23H2,1-4H3,(H2,48,56)(H2,49,57)(H,60,61)(H,50,54,58)(H,51,55,59)/t29-,30?,33-,34-,35?,36?,37-,38-,41-,42-,45?/m0/s1. The number of primary amides is 2. The van der Waals surface area contributed by atoms with Gasteiger partial charge in [-0.2, -0.15) is 0 Å². The molecule has 2 aromatic heterocycles. The Hall–Kier alpha value is -6.65. The lowest BCUT2D eigenvalue weighted by atomic mass is 9.80. The number of benzene rings is 3. The number of methoxy groups -OCH3 is 2. The van der Waals surface area contributed by atoms with Gasteiger partial charge in [0.05, 0.1) is 27.4 Å². The van der Waals surface area contributed by atoms with Crippen molar-refractivity contribution in [2.75, 3.05) is 27.4 Å². The Kier molecular flexibility index (Phi) is 14.8. The fourth-order valence-corrected chi connectivity index (χ4v) is 10.2. The Bertz CT molecular complexity index is 3060. The van der Waals surface area contributed by atoms with Gasteiger partial charge < -0.3 is 63.7 Å². The number of aromatic amines is 2. The minimum atomic E-state index is -5.45. The molecule has 4 fully saturated rings. The number of aromatic nitrogens is 4. The first-order chi connectivity index (χ1) is 35.3. The second-order valence-electron chi connectivity index (χ2n) is 17.7. The Morgan fingerprint density at radius 2 is 1.18 bits per heavy atom. The van der Waals surface area contributed by atoms with Gasteiger partial charge in [0, 0.05) is 24.5 Å². The molecule has 74 heavy (non-hydrogen) atoms. The van der Waals surface area contributed by atoms with E-state index in [0.29, 0.717) is 28.2 Å². The number of hydrogen-bond donors (Lipinski definition) is 5. The number of carbonyl (C=O) groups excluding carboxylic acids is 2. The Balaban J connectivity index is 1.11. The highest BCUT2D eigenvalue weighted by atomic mass is 31.2. The van der Waals surface area contributed by atoms with Gasteiger partial charge in [-0.25, -0.2) is 14.2 Å². The van der Waals surface area contributed by atoms with Crippen molar-refractivity contribution >= 4 is 19.6 Å². The highest BCUT2D eigenvalue weighted by Gasteiger charge is 2.58. The van der Waals surface area contributed by atoms with Gasteiger partial charge in [-0.15, -0.1) is 0 Å². The van der Waals surface area contributed by atoms with E-state index in [0.717, 1.165) is 27.5 Å². The molecule has 0 saturated carbocycles. The molecule has 2 amide bonds. The molecule has 4 saturated heterocycles.